The zero-order valence-electron chi connectivity index (χ0n) is 18.6. The monoisotopic (exact) mass is 502 g/mol. The summed E-state index contributed by atoms with van der Waals surface area (Å²) < 4.78 is 70.7. The molecule has 0 radical (unpaired) electrons. The number of methoxy groups -OCH3 is 1. The van der Waals surface area contributed by atoms with Gasteiger partial charge in [0.2, 0.25) is 11.8 Å². The minimum atomic E-state index is -3.45. The SMILES string of the molecule is COc1cc(CN(C(=O)Cc2ccc(-c3ccc(F)c(F)c3)cc2F)[C@@H]2C=CS(=O)(=O)C2)ccn1. The zero-order chi connectivity index (χ0) is 25.2. The van der Waals surface area contributed by atoms with Crippen molar-refractivity contribution in [3.05, 3.63) is 94.8 Å². The van der Waals surface area contributed by atoms with Gasteiger partial charge in [-0.3, -0.25) is 4.79 Å². The number of ether oxygens (including phenoxy) is 1. The molecule has 0 aliphatic carbocycles. The molecule has 4 rings (SSSR count). The van der Waals surface area contributed by atoms with Gasteiger partial charge in [-0.1, -0.05) is 18.2 Å². The van der Waals surface area contributed by atoms with Gasteiger partial charge in [-0.2, -0.15) is 0 Å². The molecule has 6 nitrogen and oxygen atoms in total. The molecule has 1 aliphatic heterocycles. The number of carbonyl (C=O) groups is 1. The average Bonchev–Trinajstić information content (AvgIpc) is 3.19. The largest absolute Gasteiger partial charge is 0.481 e. The van der Waals surface area contributed by atoms with Crippen molar-refractivity contribution in [2.75, 3.05) is 12.9 Å². The summed E-state index contributed by atoms with van der Waals surface area (Å²) in [7, 11) is -1.99. The molecule has 2 heterocycles. The highest BCUT2D eigenvalue weighted by Gasteiger charge is 2.31. The smallest absolute Gasteiger partial charge is 0.227 e. The second-order valence-electron chi connectivity index (χ2n) is 8.07. The Morgan fingerprint density at radius 2 is 1.74 bits per heavy atom. The Hall–Kier alpha value is -3.66. The molecule has 0 unspecified atom stereocenters. The van der Waals surface area contributed by atoms with Crippen molar-refractivity contribution in [2.24, 2.45) is 0 Å². The molecule has 3 aromatic rings. The van der Waals surface area contributed by atoms with Crippen LogP contribution in [0.5, 0.6) is 5.88 Å². The fourth-order valence-electron chi connectivity index (χ4n) is 3.81. The van der Waals surface area contributed by atoms with Crippen LogP contribution in [-0.2, 0) is 27.6 Å². The number of hydrogen-bond donors (Lipinski definition) is 0. The van der Waals surface area contributed by atoms with E-state index in [1.54, 1.807) is 12.1 Å². The summed E-state index contributed by atoms with van der Waals surface area (Å²) in [4.78, 5) is 18.6. The van der Waals surface area contributed by atoms with Crippen molar-refractivity contribution >= 4 is 15.7 Å². The molecule has 1 aromatic heterocycles. The molecule has 0 saturated heterocycles. The van der Waals surface area contributed by atoms with Crippen molar-refractivity contribution < 1.29 is 31.1 Å². The minimum Gasteiger partial charge on any atom is -0.481 e. The fraction of sp³-hybridized carbons (Fsp3) is 0.200. The van der Waals surface area contributed by atoms with Crippen LogP contribution in [0, 0.1) is 17.5 Å². The molecule has 1 amide bonds. The molecule has 0 bridgehead atoms. The van der Waals surface area contributed by atoms with E-state index < -0.39 is 39.2 Å². The van der Waals surface area contributed by atoms with Gasteiger partial charge in [-0.15, -0.1) is 0 Å². The summed E-state index contributed by atoms with van der Waals surface area (Å²) >= 11 is 0. The first-order valence-electron chi connectivity index (χ1n) is 10.6. The van der Waals surface area contributed by atoms with Gasteiger partial charge in [0.25, 0.3) is 0 Å². The van der Waals surface area contributed by atoms with Gasteiger partial charge >= 0.3 is 0 Å². The van der Waals surface area contributed by atoms with E-state index in [1.165, 1.54) is 42.5 Å². The van der Waals surface area contributed by atoms with Gasteiger partial charge in [0.15, 0.2) is 21.5 Å². The first kappa shape index (κ1) is 24.5. The zero-order valence-corrected chi connectivity index (χ0v) is 19.4. The molecule has 1 aliphatic rings. The van der Waals surface area contributed by atoms with Gasteiger partial charge in [0.05, 0.1) is 25.3 Å². The van der Waals surface area contributed by atoms with Crippen LogP contribution in [0.25, 0.3) is 11.1 Å². The van der Waals surface area contributed by atoms with E-state index in [1.807, 2.05) is 0 Å². The van der Waals surface area contributed by atoms with E-state index in [4.69, 9.17) is 4.74 Å². The number of aromatic nitrogens is 1. The molecular formula is C25H21F3N2O4S. The number of amides is 1. The number of sulfone groups is 1. The van der Waals surface area contributed by atoms with Crippen molar-refractivity contribution in [2.45, 2.75) is 19.0 Å². The molecule has 35 heavy (non-hydrogen) atoms. The van der Waals surface area contributed by atoms with Crippen LogP contribution in [0.2, 0.25) is 0 Å². The Balaban J connectivity index is 1.58. The van der Waals surface area contributed by atoms with E-state index >= 15 is 0 Å². The summed E-state index contributed by atoms with van der Waals surface area (Å²) in [5.41, 5.74) is 1.36. The number of rotatable bonds is 7. The molecule has 2 aromatic carbocycles. The van der Waals surface area contributed by atoms with Crippen LogP contribution >= 0.6 is 0 Å². The lowest BCUT2D eigenvalue weighted by Crippen LogP contribution is -2.41. The number of nitrogens with zero attached hydrogens (tertiary/aromatic N) is 2. The molecule has 0 N–H and O–H groups in total. The van der Waals surface area contributed by atoms with E-state index in [9.17, 15) is 26.4 Å². The summed E-state index contributed by atoms with van der Waals surface area (Å²) in [6.45, 7) is 0.0663. The molecule has 0 spiro atoms. The second-order valence-corrected chi connectivity index (χ2v) is 10.00. The lowest BCUT2D eigenvalue weighted by atomic mass is 10.0. The molecule has 10 heteroatoms. The van der Waals surface area contributed by atoms with Gasteiger partial charge in [0.1, 0.15) is 5.82 Å². The first-order chi connectivity index (χ1) is 16.6. The Bertz CT molecular complexity index is 1410. The van der Waals surface area contributed by atoms with Crippen molar-refractivity contribution in [3.63, 3.8) is 0 Å². The molecule has 182 valence electrons. The topological polar surface area (TPSA) is 76.6 Å². The predicted molar refractivity (Wildman–Crippen MR) is 124 cm³/mol. The van der Waals surface area contributed by atoms with E-state index in [0.717, 1.165) is 23.6 Å². The Morgan fingerprint density at radius 1 is 1.03 bits per heavy atom. The maximum absolute atomic E-state index is 14.9. The highest BCUT2D eigenvalue weighted by Crippen LogP contribution is 2.25. The van der Waals surface area contributed by atoms with Crippen LogP contribution in [0.15, 0.2) is 66.2 Å². The number of benzene rings is 2. The maximum Gasteiger partial charge on any atom is 0.227 e. The average molecular weight is 503 g/mol. The van der Waals surface area contributed by atoms with E-state index in [0.29, 0.717) is 17.0 Å². The van der Waals surface area contributed by atoms with E-state index in [2.05, 4.69) is 4.98 Å². The fourth-order valence-corrected chi connectivity index (χ4v) is 5.11. The van der Waals surface area contributed by atoms with E-state index in [-0.39, 0.29) is 29.8 Å². The minimum absolute atomic E-state index is 0.0663. The van der Waals surface area contributed by atoms with Crippen LogP contribution in [-0.4, -0.2) is 43.1 Å². The Labute approximate surface area is 200 Å². The normalized spacial score (nSPS) is 16.3. The Kier molecular flexibility index (Phi) is 6.93. The quantitative estimate of drug-likeness (QED) is 0.487. The summed E-state index contributed by atoms with van der Waals surface area (Å²) in [5, 5.41) is 1.07. The lowest BCUT2D eigenvalue weighted by Gasteiger charge is -2.28. The molecule has 1 atom stereocenters. The number of pyridine rings is 1. The van der Waals surface area contributed by atoms with Gasteiger partial charge in [0, 0.05) is 24.2 Å². The highest BCUT2D eigenvalue weighted by molar-refractivity contribution is 7.94. The van der Waals surface area contributed by atoms with Crippen LogP contribution in [0.3, 0.4) is 0 Å². The van der Waals surface area contributed by atoms with Crippen LogP contribution < -0.4 is 4.74 Å². The van der Waals surface area contributed by atoms with Crippen molar-refractivity contribution in [3.8, 4) is 17.0 Å². The molecular weight excluding hydrogens is 481 g/mol. The maximum atomic E-state index is 14.9. The van der Waals surface area contributed by atoms with Gasteiger partial charge in [-0.25, -0.2) is 26.6 Å². The van der Waals surface area contributed by atoms with Crippen LogP contribution in [0.4, 0.5) is 13.2 Å². The molecule has 0 saturated carbocycles. The molecule has 0 fully saturated rings. The van der Waals surface area contributed by atoms with Crippen LogP contribution in [0.1, 0.15) is 11.1 Å². The lowest BCUT2D eigenvalue weighted by molar-refractivity contribution is -0.132. The van der Waals surface area contributed by atoms with Gasteiger partial charge < -0.3 is 9.64 Å². The number of halogens is 3. The standard InChI is InChI=1S/C25H21F3N2O4S/c1-34-24-10-16(6-8-29-24)14-30(20-7-9-35(32,33)15-20)25(31)13-19-3-2-17(11-22(19)27)18-4-5-21(26)23(28)12-18/h2-12,20H,13-15H2,1H3/t20-/m1/s1. The van der Waals surface area contributed by atoms with Crippen molar-refractivity contribution in [1.29, 1.82) is 0 Å². The van der Waals surface area contributed by atoms with Crippen molar-refractivity contribution in [1.82, 2.24) is 9.88 Å². The number of carbonyl (C=O) groups excluding carboxylic acids is 1. The third-order valence-electron chi connectivity index (χ3n) is 5.64. The number of hydrogen-bond acceptors (Lipinski definition) is 5. The van der Waals surface area contributed by atoms with Gasteiger partial charge in [-0.05, 0) is 52.6 Å². The summed E-state index contributed by atoms with van der Waals surface area (Å²) in [5.74, 6) is -3.16. The second kappa shape index (κ2) is 9.91. The summed E-state index contributed by atoms with van der Waals surface area (Å²) in [6, 6.07) is 9.90. The third kappa shape index (κ3) is 5.71. The highest BCUT2D eigenvalue weighted by atomic mass is 32.2. The third-order valence-corrected chi connectivity index (χ3v) is 7.02. The Morgan fingerprint density at radius 3 is 2.37 bits per heavy atom. The first-order valence-corrected chi connectivity index (χ1v) is 12.3. The predicted octanol–water partition coefficient (Wildman–Crippen LogP) is 4.06. The summed E-state index contributed by atoms with van der Waals surface area (Å²) in [6.07, 6.45) is 2.62.